The number of carbonyl (C=O) groups is 2. The van der Waals surface area contributed by atoms with Crippen molar-refractivity contribution in [3.63, 3.8) is 0 Å². The molecule has 2 amide bonds. The summed E-state index contributed by atoms with van der Waals surface area (Å²) in [5, 5.41) is 6.59. The largest absolute Gasteiger partial charge is 0.444 e. The molecule has 1 N–H and O–H groups in total. The number of likely N-dealkylation sites (tertiary alicyclic amines) is 1. The van der Waals surface area contributed by atoms with Gasteiger partial charge in [0.1, 0.15) is 11.6 Å². The molecule has 1 atom stereocenters. The maximum Gasteiger partial charge on any atom is 0.410 e. The first-order chi connectivity index (χ1) is 13.5. The van der Waals surface area contributed by atoms with Crippen LogP contribution in [0.3, 0.4) is 0 Å². The zero-order valence-electron chi connectivity index (χ0n) is 17.0. The first-order valence-electron chi connectivity index (χ1n) is 10.0. The van der Waals surface area contributed by atoms with Crippen molar-refractivity contribution in [2.24, 2.45) is 0 Å². The normalized spacial score (nSPS) is 22.5. The van der Waals surface area contributed by atoms with Gasteiger partial charge in [0, 0.05) is 25.3 Å². The standard InChI is InChI=1S/C19H28F2N4O4/c1-18(2,3)28-17(27)25-10-4-5-13(25)16(26)22-11-14-23-15(24-29-14)12-6-8-19(20,21)9-7-12/h12-13H,4-11H2,1-3H3,(H,22,26)/t13-/m0/s1. The van der Waals surface area contributed by atoms with Crippen molar-refractivity contribution in [1.82, 2.24) is 20.4 Å². The highest BCUT2D eigenvalue weighted by atomic mass is 19.3. The van der Waals surface area contributed by atoms with Crippen molar-refractivity contribution < 1.29 is 27.6 Å². The van der Waals surface area contributed by atoms with Crippen LogP contribution in [0.1, 0.15) is 76.9 Å². The first-order valence-corrected chi connectivity index (χ1v) is 10.0. The van der Waals surface area contributed by atoms with Gasteiger partial charge in [-0.05, 0) is 46.5 Å². The summed E-state index contributed by atoms with van der Waals surface area (Å²) in [6, 6.07) is -0.604. The Kier molecular flexibility index (Phi) is 6.09. The van der Waals surface area contributed by atoms with Crippen LogP contribution in [0, 0.1) is 0 Å². The highest BCUT2D eigenvalue weighted by Crippen LogP contribution is 2.39. The summed E-state index contributed by atoms with van der Waals surface area (Å²) in [7, 11) is 0. The number of carbonyl (C=O) groups excluding carboxylic acids is 2. The molecule has 1 aromatic rings. The van der Waals surface area contributed by atoms with Gasteiger partial charge in [-0.15, -0.1) is 0 Å². The summed E-state index contributed by atoms with van der Waals surface area (Å²) >= 11 is 0. The third-order valence-corrected chi connectivity index (χ3v) is 5.16. The average Bonchev–Trinajstić information content (AvgIpc) is 3.28. The topological polar surface area (TPSA) is 97.6 Å². The lowest BCUT2D eigenvalue weighted by atomic mass is 9.86. The highest BCUT2D eigenvalue weighted by molar-refractivity contribution is 5.86. The number of nitrogens with one attached hydrogen (secondary N) is 1. The van der Waals surface area contributed by atoms with Crippen molar-refractivity contribution in [3.8, 4) is 0 Å². The summed E-state index contributed by atoms with van der Waals surface area (Å²) in [5.41, 5.74) is -0.635. The van der Waals surface area contributed by atoms with Gasteiger partial charge in [0.05, 0.1) is 6.54 Å². The van der Waals surface area contributed by atoms with E-state index in [1.54, 1.807) is 20.8 Å². The van der Waals surface area contributed by atoms with E-state index in [1.165, 1.54) is 4.90 Å². The molecule has 10 heteroatoms. The zero-order chi connectivity index (χ0) is 21.2. The van der Waals surface area contributed by atoms with E-state index in [2.05, 4.69) is 15.5 Å². The molecule has 0 aromatic carbocycles. The predicted octanol–water partition coefficient (Wildman–Crippen LogP) is 3.38. The van der Waals surface area contributed by atoms with Crippen LogP contribution >= 0.6 is 0 Å². The van der Waals surface area contributed by atoms with Gasteiger partial charge >= 0.3 is 6.09 Å². The molecule has 1 saturated heterocycles. The number of hydrogen-bond acceptors (Lipinski definition) is 6. The molecule has 1 aromatic heterocycles. The molecule has 2 aliphatic rings. The average molecular weight is 414 g/mol. The molecule has 0 bridgehead atoms. The number of ether oxygens (including phenoxy) is 1. The molecule has 0 radical (unpaired) electrons. The van der Waals surface area contributed by atoms with Gasteiger partial charge in [-0.1, -0.05) is 5.16 Å². The minimum Gasteiger partial charge on any atom is -0.444 e. The fourth-order valence-electron chi connectivity index (χ4n) is 3.66. The maximum absolute atomic E-state index is 13.3. The lowest BCUT2D eigenvalue weighted by Crippen LogP contribution is -2.47. The van der Waals surface area contributed by atoms with E-state index in [-0.39, 0.29) is 37.1 Å². The molecule has 2 heterocycles. The van der Waals surface area contributed by atoms with Crippen molar-refractivity contribution >= 4 is 12.0 Å². The third-order valence-electron chi connectivity index (χ3n) is 5.16. The highest BCUT2D eigenvalue weighted by Gasteiger charge is 2.38. The van der Waals surface area contributed by atoms with Gasteiger partial charge < -0.3 is 14.6 Å². The van der Waals surface area contributed by atoms with Crippen LogP contribution < -0.4 is 5.32 Å². The van der Waals surface area contributed by atoms with Crippen molar-refractivity contribution in [1.29, 1.82) is 0 Å². The molecule has 8 nitrogen and oxygen atoms in total. The molecule has 0 spiro atoms. The second-order valence-corrected chi connectivity index (χ2v) is 8.73. The molecule has 1 aliphatic heterocycles. The Morgan fingerprint density at radius 1 is 1.28 bits per heavy atom. The van der Waals surface area contributed by atoms with Crippen LogP contribution in [0.2, 0.25) is 0 Å². The molecule has 1 saturated carbocycles. The number of alkyl halides is 2. The fraction of sp³-hybridized carbons (Fsp3) is 0.789. The Hall–Kier alpha value is -2.26. The number of aromatic nitrogens is 2. The smallest absolute Gasteiger partial charge is 0.410 e. The van der Waals surface area contributed by atoms with Gasteiger partial charge in [0.25, 0.3) is 0 Å². The number of halogens is 2. The minimum absolute atomic E-state index is 0.0212. The lowest BCUT2D eigenvalue weighted by Gasteiger charge is -2.27. The number of nitrogens with zero attached hydrogens (tertiary/aromatic N) is 3. The van der Waals surface area contributed by atoms with Crippen molar-refractivity contribution in [2.45, 2.75) is 89.3 Å². The fourth-order valence-corrected chi connectivity index (χ4v) is 3.66. The predicted molar refractivity (Wildman–Crippen MR) is 98.3 cm³/mol. The second kappa shape index (κ2) is 8.23. The molecule has 1 aliphatic carbocycles. The van der Waals surface area contributed by atoms with Crippen LogP contribution in [-0.2, 0) is 16.1 Å². The van der Waals surface area contributed by atoms with E-state index < -0.39 is 23.7 Å². The van der Waals surface area contributed by atoms with Gasteiger partial charge in [-0.3, -0.25) is 9.69 Å². The van der Waals surface area contributed by atoms with Gasteiger partial charge in [0.15, 0.2) is 5.82 Å². The Balaban J connectivity index is 1.52. The van der Waals surface area contributed by atoms with Crippen LogP contribution in [0.5, 0.6) is 0 Å². The second-order valence-electron chi connectivity index (χ2n) is 8.73. The van der Waals surface area contributed by atoms with Gasteiger partial charge in [-0.25, -0.2) is 13.6 Å². The molecule has 2 fully saturated rings. The molecular weight excluding hydrogens is 386 g/mol. The van der Waals surface area contributed by atoms with Crippen molar-refractivity contribution in [2.75, 3.05) is 6.54 Å². The minimum atomic E-state index is -2.61. The van der Waals surface area contributed by atoms with E-state index >= 15 is 0 Å². The SMILES string of the molecule is CC(C)(C)OC(=O)N1CCC[C@H]1C(=O)NCc1nc(C2CCC(F)(F)CC2)no1. The summed E-state index contributed by atoms with van der Waals surface area (Å²) in [6.07, 6.45) is 1.02. The monoisotopic (exact) mass is 414 g/mol. The van der Waals surface area contributed by atoms with E-state index in [0.717, 1.165) is 0 Å². The van der Waals surface area contributed by atoms with E-state index in [0.29, 0.717) is 38.1 Å². The summed E-state index contributed by atoms with van der Waals surface area (Å²) in [5.74, 6) is -2.46. The summed E-state index contributed by atoms with van der Waals surface area (Å²) in [4.78, 5) is 30.5. The third kappa shape index (κ3) is 5.63. The Bertz CT molecular complexity index is 737. The van der Waals surface area contributed by atoms with Crippen LogP contribution in [0.25, 0.3) is 0 Å². The zero-order valence-corrected chi connectivity index (χ0v) is 17.0. The van der Waals surface area contributed by atoms with Crippen LogP contribution in [0.15, 0.2) is 4.52 Å². The van der Waals surface area contributed by atoms with Crippen LogP contribution in [-0.4, -0.2) is 51.2 Å². The Morgan fingerprint density at radius 3 is 2.62 bits per heavy atom. The molecule has 0 unspecified atom stereocenters. The summed E-state index contributed by atoms with van der Waals surface area (Å²) < 4.78 is 37.1. The molecule has 162 valence electrons. The van der Waals surface area contributed by atoms with Crippen molar-refractivity contribution in [3.05, 3.63) is 11.7 Å². The molecule has 3 rings (SSSR count). The van der Waals surface area contributed by atoms with E-state index in [1.807, 2.05) is 0 Å². The first kappa shape index (κ1) is 21.4. The Morgan fingerprint density at radius 2 is 1.97 bits per heavy atom. The number of amides is 2. The van der Waals surface area contributed by atoms with Gasteiger partial charge in [-0.2, -0.15) is 4.98 Å². The summed E-state index contributed by atoms with van der Waals surface area (Å²) in [6.45, 7) is 5.81. The molecular formula is C19H28F2N4O4. The van der Waals surface area contributed by atoms with Gasteiger partial charge in [0.2, 0.25) is 17.7 Å². The number of rotatable bonds is 4. The van der Waals surface area contributed by atoms with E-state index in [4.69, 9.17) is 9.26 Å². The van der Waals surface area contributed by atoms with Crippen LogP contribution in [0.4, 0.5) is 13.6 Å². The van der Waals surface area contributed by atoms with E-state index in [9.17, 15) is 18.4 Å². The maximum atomic E-state index is 13.3. The Labute approximate surface area is 168 Å². The molecule has 29 heavy (non-hydrogen) atoms. The lowest BCUT2D eigenvalue weighted by molar-refractivity contribution is -0.125. The quantitative estimate of drug-likeness (QED) is 0.811. The number of hydrogen-bond donors (Lipinski definition) is 1.